The standard InChI is InChI=1S/C12H21NO5/c1-8(12(15)16)13(3)11(14)9(2)18-7-10-5-4-6-17-10/h8-10H,4-7H2,1-3H3,(H,15,16)/t8-,9-,10-/m0/s1. The van der Waals surface area contributed by atoms with Crippen molar-refractivity contribution in [1.82, 2.24) is 4.90 Å². The summed E-state index contributed by atoms with van der Waals surface area (Å²) in [6, 6.07) is -0.855. The Morgan fingerprint density at radius 2 is 2.17 bits per heavy atom. The molecule has 0 aromatic rings. The third-order valence-electron chi connectivity index (χ3n) is 3.19. The van der Waals surface area contributed by atoms with Gasteiger partial charge in [0.1, 0.15) is 12.1 Å². The molecule has 1 rings (SSSR count). The maximum atomic E-state index is 11.9. The van der Waals surface area contributed by atoms with Crippen molar-refractivity contribution in [2.75, 3.05) is 20.3 Å². The number of nitrogens with zero attached hydrogens (tertiary/aromatic N) is 1. The molecule has 6 heteroatoms. The van der Waals surface area contributed by atoms with Crippen LogP contribution in [-0.4, -0.2) is 60.4 Å². The number of aliphatic carboxylic acids is 1. The van der Waals surface area contributed by atoms with Crippen LogP contribution in [0.25, 0.3) is 0 Å². The number of hydrogen-bond donors (Lipinski definition) is 1. The van der Waals surface area contributed by atoms with E-state index in [2.05, 4.69) is 0 Å². The average Bonchev–Trinajstić information content (AvgIpc) is 2.86. The lowest BCUT2D eigenvalue weighted by atomic mass is 10.2. The fourth-order valence-corrected chi connectivity index (χ4v) is 1.74. The van der Waals surface area contributed by atoms with Gasteiger partial charge in [0, 0.05) is 13.7 Å². The Morgan fingerprint density at radius 1 is 1.50 bits per heavy atom. The largest absolute Gasteiger partial charge is 0.480 e. The number of carboxylic acid groups (broad SMARTS) is 1. The predicted octanol–water partition coefficient (Wildman–Crippen LogP) is 0.502. The Bertz CT molecular complexity index is 301. The summed E-state index contributed by atoms with van der Waals surface area (Å²) in [5, 5.41) is 8.83. The molecule has 0 bridgehead atoms. The maximum Gasteiger partial charge on any atom is 0.326 e. The normalized spacial score (nSPS) is 22.5. The number of ether oxygens (including phenoxy) is 2. The lowest BCUT2D eigenvalue weighted by Gasteiger charge is -2.25. The van der Waals surface area contributed by atoms with Gasteiger partial charge in [-0.1, -0.05) is 0 Å². The molecule has 0 aliphatic carbocycles. The van der Waals surface area contributed by atoms with Gasteiger partial charge in [0.25, 0.3) is 5.91 Å². The third-order valence-corrected chi connectivity index (χ3v) is 3.19. The van der Waals surface area contributed by atoms with Crippen molar-refractivity contribution in [2.24, 2.45) is 0 Å². The average molecular weight is 259 g/mol. The second kappa shape index (κ2) is 6.70. The molecule has 1 N–H and O–H groups in total. The third kappa shape index (κ3) is 3.96. The number of likely N-dealkylation sites (N-methyl/N-ethyl adjacent to an activating group) is 1. The number of rotatable bonds is 6. The van der Waals surface area contributed by atoms with Crippen LogP contribution in [0, 0.1) is 0 Å². The number of carbonyl (C=O) groups is 2. The van der Waals surface area contributed by atoms with Gasteiger partial charge in [0.15, 0.2) is 0 Å². The van der Waals surface area contributed by atoms with Crippen LogP contribution in [0.2, 0.25) is 0 Å². The van der Waals surface area contributed by atoms with Crippen molar-refractivity contribution >= 4 is 11.9 Å². The summed E-state index contributed by atoms with van der Waals surface area (Å²) in [6.07, 6.45) is 1.37. The molecule has 1 fully saturated rings. The monoisotopic (exact) mass is 259 g/mol. The molecule has 6 nitrogen and oxygen atoms in total. The summed E-state index contributed by atoms with van der Waals surface area (Å²) in [7, 11) is 1.47. The second-order valence-corrected chi connectivity index (χ2v) is 4.57. The van der Waals surface area contributed by atoms with E-state index < -0.39 is 18.1 Å². The van der Waals surface area contributed by atoms with Crippen LogP contribution in [0.15, 0.2) is 0 Å². The molecular weight excluding hydrogens is 238 g/mol. The first-order valence-electron chi connectivity index (χ1n) is 6.16. The summed E-state index contributed by atoms with van der Waals surface area (Å²) >= 11 is 0. The minimum absolute atomic E-state index is 0.0578. The van der Waals surface area contributed by atoms with Crippen molar-refractivity contribution in [3.63, 3.8) is 0 Å². The Kier molecular flexibility index (Phi) is 5.55. The molecule has 0 radical (unpaired) electrons. The highest BCUT2D eigenvalue weighted by atomic mass is 16.5. The summed E-state index contributed by atoms with van der Waals surface area (Å²) in [5.74, 6) is -1.36. The molecule has 1 amide bonds. The SMILES string of the molecule is C[C@H](OC[C@@H]1CCCO1)C(=O)N(C)[C@@H](C)C(=O)O. The van der Waals surface area contributed by atoms with E-state index >= 15 is 0 Å². The van der Waals surface area contributed by atoms with Gasteiger partial charge in [-0.25, -0.2) is 4.79 Å². The van der Waals surface area contributed by atoms with Crippen LogP contribution in [0.1, 0.15) is 26.7 Å². The fraction of sp³-hybridized carbons (Fsp3) is 0.833. The maximum absolute atomic E-state index is 11.9. The summed E-state index contributed by atoms with van der Waals surface area (Å²) < 4.78 is 10.8. The minimum Gasteiger partial charge on any atom is -0.480 e. The molecule has 1 aliphatic heterocycles. The van der Waals surface area contributed by atoms with Crippen molar-refractivity contribution in [3.8, 4) is 0 Å². The zero-order valence-electron chi connectivity index (χ0n) is 11.1. The van der Waals surface area contributed by atoms with Gasteiger partial charge in [0.05, 0.1) is 12.7 Å². The molecule has 0 aromatic heterocycles. The van der Waals surface area contributed by atoms with Gasteiger partial charge in [0.2, 0.25) is 0 Å². The number of hydrogen-bond acceptors (Lipinski definition) is 4. The Hall–Kier alpha value is -1.14. The fourth-order valence-electron chi connectivity index (χ4n) is 1.74. The van der Waals surface area contributed by atoms with E-state index in [4.69, 9.17) is 14.6 Å². The van der Waals surface area contributed by atoms with E-state index in [0.29, 0.717) is 6.61 Å². The summed E-state index contributed by atoms with van der Waals surface area (Å²) in [5.41, 5.74) is 0. The predicted molar refractivity (Wildman–Crippen MR) is 64.3 cm³/mol. The highest BCUT2D eigenvalue weighted by Crippen LogP contribution is 2.13. The molecular formula is C12H21NO5. The highest BCUT2D eigenvalue weighted by molar-refractivity contribution is 5.85. The molecule has 0 aromatic carbocycles. The van der Waals surface area contributed by atoms with Gasteiger partial charge in [-0.15, -0.1) is 0 Å². The van der Waals surface area contributed by atoms with Gasteiger partial charge < -0.3 is 19.5 Å². The van der Waals surface area contributed by atoms with Crippen LogP contribution >= 0.6 is 0 Å². The van der Waals surface area contributed by atoms with Gasteiger partial charge in [-0.2, -0.15) is 0 Å². The van der Waals surface area contributed by atoms with Gasteiger partial charge in [-0.3, -0.25) is 4.79 Å². The minimum atomic E-state index is -1.03. The smallest absolute Gasteiger partial charge is 0.326 e. The summed E-state index contributed by atoms with van der Waals surface area (Å²) in [6.45, 7) is 4.21. The Balaban J connectivity index is 2.37. The molecule has 1 heterocycles. The topological polar surface area (TPSA) is 76.1 Å². The van der Waals surface area contributed by atoms with Crippen LogP contribution in [0.4, 0.5) is 0 Å². The Morgan fingerprint density at radius 3 is 2.67 bits per heavy atom. The zero-order valence-corrected chi connectivity index (χ0v) is 11.1. The number of carboxylic acids is 1. The molecule has 0 saturated carbocycles. The van der Waals surface area contributed by atoms with Crippen molar-refractivity contribution in [1.29, 1.82) is 0 Å². The van der Waals surface area contributed by atoms with Crippen molar-refractivity contribution < 1.29 is 24.2 Å². The lowest BCUT2D eigenvalue weighted by Crippen LogP contribution is -2.45. The number of amides is 1. The quantitative estimate of drug-likeness (QED) is 0.751. The van der Waals surface area contributed by atoms with Crippen LogP contribution in [-0.2, 0) is 19.1 Å². The first kappa shape index (κ1) is 14.9. The molecule has 18 heavy (non-hydrogen) atoms. The molecule has 1 saturated heterocycles. The summed E-state index contributed by atoms with van der Waals surface area (Å²) in [4.78, 5) is 23.9. The zero-order chi connectivity index (χ0) is 13.7. The lowest BCUT2D eigenvalue weighted by molar-refractivity contribution is -0.154. The van der Waals surface area contributed by atoms with E-state index in [-0.39, 0.29) is 12.0 Å². The first-order chi connectivity index (χ1) is 8.43. The van der Waals surface area contributed by atoms with Crippen molar-refractivity contribution in [3.05, 3.63) is 0 Å². The van der Waals surface area contributed by atoms with E-state index in [1.165, 1.54) is 18.9 Å². The second-order valence-electron chi connectivity index (χ2n) is 4.57. The Labute approximate surface area is 107 Å². The van der Waals surface area contributed by atoms with E-state index in [1.807, 2.05) is 0 Å². The molecule has 0 unspecified atom stereocenters. The van der Waals surface area contributed by atoms with Gasteiger partial charge >= 0.3 is 5.97 Å². The number of carbonyl (C=O) groups excluding carboxylic acids is 1. The van der Waals surface area contributed by atoms with E-state index in [9.17, 15) is 9.59 Å². The van der Waals surface area contributed by atoms with Crippen LogP contribution < -0.4 is 0 Å². The molecule has 104 valence electrons. The molecule has 1 aliphatic rings. The van der Waals surface area contributed by atoms with Crippen molar-refractivity contribution in [2.45, 2.75) is 44.9 Å². The first-order valence-corrected chi connectivity index (χ1v) is 6.16. The molecule has 0 spiro atoms. The van der Waals surface area contributed by atoms with Gasteiger partial charge in [-0.05, 0) is 26.7 Å². The molecule has 3 atom stereocenters. The van der Waals surface area contributed by atoms with E-state index in [0.717, 1.165) is 19.4 Å². The highest BCUT2D eigenvalue weighted by Gasteiger charge is 2.27. The van der Waals surface area contributed by atoms with E-state index in [1.54, 1.807) is 6.92 Å². The van der Waals surface area contributed by atoms with Crippen LogP contribution in [0.3, 0.4) is 0 Å². The van der Waals surface area contributed by atoms with Crippen LogP contribution in [0.5, 0.6) is 0 Å².